The van der Waals surface area contributed by atoms with Gasteiger partial charge in [0.05, 0.1) is 17.7 Å². The third kappa shape index (κ3) is 3.94. The molecule has 0 aromatic heterocycles. The maximum atomic E-state index is 13.2. The molecule has 0 saturated carbocycles. The van der Waals surface area contributed by atoms with Crippen molar-refractivity contribution in [2.45, 2.75) is 12.8 Å². The molecular weight excluding hydrogens is 375 g/mol. The first-order valence-electron chi connectivity index (χ1n) is 8.18. The Kier molecular flexibility index (Phi) is 5.69. The van der Waals surface area contributed by atoms with Crippen LogP contribution >= 0.6 is 23.2 Å². The second-order valence-corrected chi connectivity index (χ2v) is 6.80. The Morgan fingerprint density at radius 3 is 2.54 bits per heavy atom. The van der Waals surface area contributed by atoms with E-state index in [9.17, 15) is 9.59 Å². The van der Waals surface area contributed by atoms with E-state index in [0.717, 1.165) is 6.42 Å². The Labute approximate surface area is 162 Å². The third-order valence-corrected chi connectivity index (χ3v) is 4.84. The van der Waals surface area contributed by atoms with Gasteiger partial charge in [-0.2, -0.15) is 0 Å². The highest BCUT2D eigenvalue weighted by Gasteiger charge is 2.27. The summed E-state index contributed by atoms with van der Waals surface area (Å²) in [5, 5.41) is 0.732. The van der Waals surface area contributed by atoms with Crippen molar-refractivity contribution in [2.75, 3.05) is 25.2 Å². The summed E-state index contributed by atoms with van der Waals surface area (Å²) in [6.45, 7) is 0.787. The van der Waals surface area contributed by atoms with Crippen LogP contribution in [-0.4, -0.2) is 37.0 Å². The first-order chi connectivity index (χ1) is 12.5. The van der Waals surface area contributed by atoms with Crippen LogP contribution in [0.25, 0.3) is 0 Å². The largest absolute Gasteiger partial charge is 0.497 e. The molecule has 0 bridgehead atoms. The fraction of sp³-hybridized carbons (Fsp3) is 0.263. The minimum Gasteiger partial charge on any atom is -0.497 e. The molecule has 1 aliphatic heterocycles. The van der Waals surface area contributed by atoms with Crippen LogP contribution < -0.4 is 9.64 Å². The fourth-order valence-corrected chi connectivity index (χ4v) is 3.23. The van der Waals surface area contributed by atoms with Crippen LogP contribution in [0.2, 0.25) is 10.0 Å². The number of anilines is 1. The molecule has 2 amide bonds. The van der Waals surface area contributed by atoms with E-state index < -0.39 is 0 Å². The van der Waals surface area contributed by atoms with Crippen molar-refractivity contribution in [3.8, 4) is 5.75 Å². The number of hydrogen-bond donors (Lipinski definition) is 0. The highest BCUT2D eigenvalue weighted by atomic mass is 35.5. The lowest BCUT2D eigenvalue weighted by molar-refractivity contribution is -0.127. The van der Waals surface area contributed by atoms with Crippen molar-refractivity contribution in [3.63, 3.8) is 0 Å². The van der Waals surface area contributed by atoms with E-state index in [2.05, 4.69) is 0 Å². The molecular formula is C19H18Cl2N2O3. The number of likely N-dealkylation sites (tertiary alicyclic amines) is 1. The zero-order valence-electron chi connectivity index (χ0n) is 14.2. The molecule has 3 rings (SSSR count). The number of benzene rings is 2. The number of amides is 2. The number of carbonyl (C=O) groups is 2. The zero-order chi connectivity index (χ0) is 18.7. The number of methoxy groups -OCH3 is 1. The molecule has 0 unspecified atom stereocenters. The Hall–Kier alpha value is -2.24. The van der Waals surface area contributed by atoms with Gasteiger partial charge in [-0.1, -0.05) is 23.2 Å². The van der Waals surface area contributed by atoms with Gasteiger partial charge < -0.3 is 9.64 Å². The molecule has 1 saturated heterocycles. The molecule has 0 atom stereocenters. The molecule has 1 fully saturated rings. The minimum atomic E-state index is -0.317. The SMILES string of the molecule is COc1ccc(N(CN2CCCC2=O)C(=O)c2cc(Cl)ccc2Cl)cc1. The van der Waals surface area contributed by atoms with E-state index in [4.69, 9.17) is 27.9 Å². The van der Waals surface area contributed by atoms with Crippen molar-refractivity contribution >= 4 is 40.7 Å². The normalized spacial score (nSPS) is 13.8. The predicted molar refractivity (Wildman–Crippen MR) is 102 cm³/mol. The molecule has 2 aromatic rings. The molecule has 1 aliphatic rings. The summed E-state index contributed by atoms with van der Waals surface area (Å²) < 4.78 is 5.17. The molecule has 136 valence electrons. The van der Waals surface area contributed by atoms with E-state index in [1.165, 1.54) is 11.0 Å². The average Bonchev–Trinajstić information content (AvgIpc) is 3.06. The van der Waals surface area contributed by atoms with Gasteiger partial charge in [0.25, 0.3) is 5.91 Å². The molecule has 0 radical (unpaired) electrons. The van der Waals surface area contributed by atoms with E-state index in [1.54, 1.807) is 48.4 Å². The highest BCUT2D eigenvalue weighted by Crippen LogP contribution is 2.27. The van der Waals surface area contributed by atoms with Crippen LogP contribution in [-0.2, 0) is 4.79 Å². The van der Waals surface area contributed by atoms with Crippen molar-refractivity contribution in [2.24, 2.45) is 0 Å². The number of nitrogens with zero attached hydrogens (tertiary/aromatic N) is 2. The molecule has 2 aromatic carbocycles. The number of ether oxygens (including phenoxy) is 1. The summed E-state index contributed by atoms with van der Waals surface area (Å²) >= 11 is 12.2. The lowest BCUT2D eigenvalue weighted by Crippen LogP contribution is -2.42. The molecule has 26 heavy (non-hydrogen) atoms. The van der Waals surface area contributed by atoms with Gasteiger partial charge in [0.1, 0.15) is 12.4 Å². The summed E-state index contributed by atoms with van der Waals surface area (Å²) in [6.07, 6.45) is 1.30. The monoisotopic (exact) mass is 392 g/mol. The van der Waals surface area contributed by atoms with E-state index in [-0.39, 0.29) is 18.5 Å². The number of halogens is 2. The summed E-state index contributed by atoms with van der Waals surface area (Å²) in [4.78, 5) is 28.4. The maximum absolute atomic E-state index is 13.2. The standard InChI is InChI=1S/C19H18Cl2N2O3/c1-26-15-7-5-14(6-8-15)23(12-22-10-2-3-18(22)24)19(25)16-11-13(20)4-9-17(16)21/h4-9,11H,2-3,10,12H2,1H3. The second-order valence-electron chi connectivity index (χ2n) is 5.96. The number of carbonyl (C=O) groups excluding carboxylic acids is 2. The summed E-state index contributed by atoms with van der Waals surface area (Å²) in [5.74, 6) is 0.398. The Bertz CT molecular complexity index is 824. The topological polar surface area (TPSA) is 49.9 Å². The number of hydrogen-bond acceptors (Lipinski definition) is 3. The van der Waals surface area contributed by atoms with Gasteiger partial charge in [-0.3, -0.25) is 14.5 Å². The van der Waals surface area contributed by atoms with Gasteiger partial charge in [0.2, 0.25) is 5.91 Å². The van der Waals surface area contributed by atoms with E-state index in [1.807, 2.05) is 0 Å². The van der Waals surface area contributed by atoms with Crippen LogP contribution in [0.15, 0.2) is 42.5 Å². The van der Waals surface area contributed by atoms with Gasteiger partial charge in [0.15, 0.2) is 0 Å². The molecule has 7 heteroatoms. The molecule has 0 spiro atoms. The van der Waals surface area contributed by atoms with Gasteiger partial charge in [-0.15, -0.1) is 0 Å². The van der Waals surface area contributed by atoms with Crippen molar-refractivity contribution in [1.82, 2.24) is 4.90 Å². The van der Waals surface area contributed by atoms with E-state index >= 15 is 0 Å². The minimum absolute atomic E-state index is 0.0357. The summed E-state index contributed by atoms with van der Waals surface area (Å²) in [6, 6.07) is 11.8. The lowest BCUT2D eigenvalue weighted by Gasteiger charge is -2.28. The molecule has 5 nitrogen and oxygen atoms in total. The predicted octanol–water partition coefficient (Wildman–Crippen LogP) is 4.23. The second kappa shape index (κ2) is 7.98. The third-order valence-electron chi connectivity index (χ3n) is 4.27. The lowest BCUT2D eigenvalue weighted by atomic mass is 10.1. The van der Waals surface area contributed by atoms with Gasteiger partial charge in [0, 0.05) is 23.7 Å². The maximum Gasteiger partial charge on any atom is 0.261 e. The van der Waals surface area contributed by atoms with Gasteiger partial charge in [-0.25, -0.2) is 0 Å². The first kappa shape index (κ1) is 18.5. The van der Waals surface area contributed by atoms with Crippen LogP contribution in [0, 0.1) is 0 Å². The van der Waals surface area contributed by atoms with Gasteiger partial charge >= 0.3 is 0 Å². The Morgan fingerprint density at radius 1 is 1.19 bits per heavy atom. The van der Waals surface area contributed by atoms with Crippen LogP contribution in [0.3, 0.4) is 0 Å². The summed E-state index contributed by atoms with van der Waals surface area (Å²) in [7, 11) is 1.58. The van der Waals surface area contributed by atoms with Crippen LogP contribution in [0.1, 0.15) is 23.2 Å². The summed E-state index contributed by atoms with van der Waals surface area (Å²) in [5.41, 5.74) is 0.938. The van der Waals surface area contributed by atoms with Crippen LogP contribution in [0.4, 0.5) is 5.69 Å². The molecule has 1 heterocycles. The zero-order valence-corrected chi connectivity index (χ0v) is 15.8. The quantitative estimate of drug-likeness (QED) is 0.764. The van der Waals surface area contributed by atoms with Crippen molar-refractivity contribution in [3.05, 3.63) is 58.1 Å². The van der Waals surface area contributed by atoms with Crippen LogP contribution in [0.5, 0.6) is 5.75 Å². The smallest absolute Gasteiger partial charge is 0.261 e. The van der Waals surface area contributed by atoms with E-state index in [0.29, 0.717) is 40.0 Å². The Balaban J connectivity index is 1.96. The van der Waals surface area contributed by atoms with Crippen molar-refractivity contribution in [1.29, 1.82) is 0 Å². The van der Waals surface area contributed by atoms with Crippen molar-refractivity contribution < 1.29 is 14.3 Å². The average molecular weight is 393 g/mol. The first-order valence-corrected chi connectivity index (χ1v) is 8.94. The highest BCUT2D eigenvalue weighted by molar-refractivity contribution is 6.36. The molecule has 0 aliphatic carbocycles. The Morgan fingerprint density at radius 2 is 1.92 bits per heavy atom. The molecule has 0 N–H and O–H groups in total. The fourth-order valence-electron chi connectivity index (χ4n) is 2.86. The van der Waals surface area contributed by atoms with Gasteiger partial charge in [-0.05, 0) is 48.9 Å². The number of rotatable bonds is 5.